The SMILES string of the molecule is CC1CCc2c(sc3ncnc(NC(C)c4ccc5[nH]c(=O)[nH]c5c4)c23)C1. The fourth-order valence-corrected chi connectivity index (χ4v) is 5.34. The minimum absolute atomic E-state index is 0.0592. The van der Waals surface area contributed by atoms with Gasteiger partial charge in [0, 0.05) is 4.88 Å². The van der Waals surface area contributed by atoms with E-state index < -0.39 is 0 Å². The van der Waals surface area contributed by atoms with E-state index in [-0.39, 0.29) is 11.7 Å². The molecule has 0 aliphatic heterocycles. The lowest BCUT2D eigenvalue weighted by Gasteiger charge is -2.19. The summed E-state index contributed by atoms with van der Waals surface area (Å²) in [4.78, 5) is 28.7. The second-order valence-electron chi connectivity index (χ2n) is 7.50. The summed E-state index contributed by atoms with van der Waals surface area (Å²) in [6.07, 6.45) is 5.11. The topological polar surface area (TPSA) is 86.5 Å². The lowest BCUT2D eigenvalue weighted by molar-refractivity contribution is 0.509. The summed E-state index contributed by atoms with van der Waals surface area (Å²) in [7, 11) is 0. The van der Waals surface area contributed by atoms with Gasteiger partial charge in [-0.2, -0.15) is 0 Å². The number of aromatic nitrogens is 4. The molecule has 4 aromatic rings. The predicted molar refractivity (Wildman–Crippen MR) is 110 cm³/mol. The molecule has 0 amide bonds. The molecule has 3 heterocycles. The number of nitrogens with one attached hydrogen (secondary N) is 3. The summed E-state index contributed by atoms with van der Waals surface area (Å²) in [6, 6.07) is 6.04. The Morgan fingerprint density at radius 1 is 1.26 bits per heavy atom. The second-order valence-corrected chi connectivity index (χ2v) is 8.59. The average molecular weight is 379 g/mol. The standard InChI is InChI=1S/C20H21N5OS/c1-10-3-5-13-16(7-10)27-19-17(13)18(21-9-22-19)23-11(2)12-4-6-14-15(8-12)25-20(26)24-14/h4,6,8-11H,3,5,7H2,1-2H3,(H,21,22,23)(H2,24,25,26). The van der Waals surface area contributed by atoms with Gasteiger partial charge in [0.1, 0.15) is 17.0 Å². The summed E-state index contributed by atoms with van der Waals surface area (Å²) in [6.45, 7) is 4.43. The number of hydrogen-bond donors (Lipinski definition) is 3. The molecule has 2 atom stereocenters. The van der Waals surface area contributed by atoms with Gasteiger partial charge in [-0.1, -0.05) is 13.0 Å². The van der Waals surface area contributed by atoms with Crippen molar-refractivity contribution in [3.8, 4) is 0 Å². The van der Waals surface area contributed by atoms with Crippen LogP contribution in [0.15, 0.2) is 29.3 Å². The Morgan fingerprint density at radius 2 is 2.11 bits per heavy atom. The summed E-state index contributed by atoms with van der Waals surface area (Å²) in [5.74, 6) is 1.64. The van der Waals surface area contributed by atoms with Crippen LogP contribution in [-0.4, -0.2) is 19.9 Å². The number of aromatic amines is 2. The van der Waals surface area contributed by atoms with Crippen molar-refractivity contribution < 1.29 is 0 Å². The van der Waals surface area contributed by atoms with Gasteiger partial charge in [-0.25, -0.2) is 14.8 Å². The molecule has 3 N–H and O–H groups in total. The number of thiophene rings is 1. The maximum atomic E-state index is 11.5. The third kappa shape index (κ3) is 2.82. The van der Waals surface area contributed by atoms with Crippen molar-refractivity contribution in [1.82, 2.24) is 19.9 Å². The first-order valence-electron chi connectivity index (χ1n) is 9.32. The van der Waals surface area contributed by atoms with Crippen LogP contribution in [0, 0.1) is 5.92 Å². The molecule has 138 valence electrons. The van der Waals surface area contributed by atoms with E-state index in [4.69, 9.17) is 0 Å². The zero-order valence-electron chi connectivity index (χ0n) is 15.3. The molecule has 2 unspecified atom stereocenters. The van der Waals surface area contributed by atoms with Gasteiger partial charge in [-0.15, -0.1) is 11.3 Å². The van der Waals surface area contributed by atoms with E-state index in [0.717, 1.165) is 46.0 Å². The molecule has 7 heteroatoms. The van der Waals surface area contributed by atoms with Crippen molar-refractivity contribution in [3.63, 3.8) is 0 Å². The number of hydrogen-bond acceptors (Lipinski definition) is 5. The molecule has 0 fully saturated rings. The number of nitrogens with zero attached hydrogens (tertiary/aromatic N) is 2. The van der Waals surface area contributed by atoms with Gasteiger partial charge >= 0.3 is 5.69 Å². The molecule has 0 spiro atoms. The first-order valence-corrected chi connectivity index (χ1v) is 10.1. The van der Waals surface area contributed by atoms with Crippen LogP contribution in [-0.2, 0) is 12.8 Å². The van der Waals surface area contributed by atoms with Crippen molar-refractivity contribution in [2.75, 3.05) is 5.32 Å². The maximum Gasteiger partial charge on any atom is 0.323 e. The van der Waals surface area contributed by atoms with Gasteiger partial charge in [-0.05, 0) is 55.4 Å². The highest BCUT2D eigenvalue weighted by Gasteiger charge is 2.23. The molecule has 0 bridgehead atoms. The van der Waals surface area contributed by atoms with E-state index in [1.54, 1.807) is 6.33 Å². The molecule has 1 aliphatic carbocycles. The van der Waals surface area contributed by atoms with Crippen LogP contribution >= 0.6 is 11.3 Å². The first kappa shape index (κ1) is 16.5. The number of aryl methyl sites for hydroxylation is 1. The molecule has 0 saturated heterocycles. The van der Waals surface area contributed by atoms with Gasteiger partial charge in [0.25, 0.3) is 0 Å². The molecule has 6 nitrogen and oxygen atoms in total. The number of anilines is 1. The van der Waals surface area contributed by atoms with Crippen LogP contribution < -0.4 is 11.0 Å². The molecule has 5 rings (SSSR count). The minimum atomic E-state index is -0.181. The van der Waals surface area contributed by atoms with Gasteiger partial charge in [0.05, 0.1) is 22.5 Å². The smallest absolute Gasteiger partial charge is 0.323 e. The van der Waals surface area contributed by atoms with Gasteiger partial charge in [-0.3, -0.25) is 0 Å². The number of imidazole rings is 1. The summed E-state index contributed by atoms with van der Waals surface area (Å²) < 4.78 is 0. The van der Waals surface area contributed by atoms with Crippen molar-refractivity contribution in [2.45, 2.75) is 39.2 Å². The Morgan fingerprint density at radius 3 is 3.00 bits per heavy atom. The average Bonchev–Trinajstić information content (AvgIpc) is 3.19. The molecule has 0 saturated carbocycles. The van der Waals surface area contributed by atoms with Crippen molar-refractivity contribution in [2.24, 2.45) is 5.92 Å². The third-order valence-electron chi connectivity index (χ3n) is 5.48. The highest BCUT2D eigenvalue weighted by molar-refractivity contribution is 7.19. The van der Waals surface area contributed by atoms with Crippen LogP contribution in [0.3, 0.4) is 0 Å². The van der Waals surface area contributed by atoms with Crippen LogP contribution in [0.25, 0.3) is 21.3 Å². The van der Waals surface area contributed by atoms with Crippen LogP contribution in [0.1, 0.15) is 42.3 Å². The maximum absolute atomic E-state index is 11.5. The lowest BCUT2D eigenvalue weighted by Crippen LogP contribution is -2.11. The largest absolute Gasteiger partial charge is 0.363 e. The first-order chi connectivity index (χ1) is 13.1. The predicted octanol–water partition coefficient (Wildman–Crippen LogP) is 4.16. The molecule has 27 heavy (non-hydrogen) atoms. The third-order valence-corrected chi connectivity index (χ3v) is 6.65. The van der Waals surface area contributed by atoms with Crippen LogP contribution in [0.2, 0.25) is 0 Å². The van der Waals surface area contributed by atoms with E-state index in [0.29, 0.717) is 0 Å². The fourth-order valence-electron chi connectivity index (χ4n) is 3.99. The Bertz CT molecular complexity index is 1200. The highest BCUT2D eigenvalue weighted by atomic mass is 32.1. The van der Waals surface area contributed by atoms with Gasteiger partial charge in [0.2, 0.25) is 0 Å². The molecule has 3 aromatic heterocycles. The molecular formula is C20H21N5OS. The van der Waals surface area contributed by atoms with Crippen LogP contribution in [0.4, 0.5) is 5.82 Å². The van der Waals surface area contributed by atoms with Crippen molar-refractivity contribution in [3.05, 3.63) is 51.0 Å². The number of fused-ring (bicyclic) bond motifs is 4. The van der Waals surface area contributed by atoms with Gasteiger partial charge in [0.15, 0.2) is 0 Å². The Kier molecular flexibility index (Phi) is 3.79. The monoisotopic (exact) mass is 379 g/mol. The molecule has 0 radical (unpaired) electrons. The summed E-state index contributed by atoms with van der Waals surface area (Å²) >= 11 is 1.81. The van der Waals surface area contributed by atoms with E-state index in [9.17, 15) is 4.79 Å². The van der Waals surface area contributed by atoms with E-state index >= 15 is 0 Å². The van der Waals surface area contributed by atoms with Crippen molar-refractivity contribution in [1.29, 1.82) is 0 Å². The van der Waals surface area contributed by atoms with E-state index in [2.05, 4.69) is 39.1 Å². The summed E-state index contributed by atoms with van der Waals surface area (Å²) in [5.41, 5.74) is 3.98. The van der Waals surface area contributed by atoms with Crippen molar-refractivity contribution >= 4 is 38.4 Å². The highest BCUT2D eigenvalue weighted by Crippen LogP contribution is 2.40. The zero-order chi connectivity index (χ0) is 18.5. The van der Waals surface area contributed by atoms with E-state index in [1.165, 1.54) is 22.2 Å². The lowest BCUT2D eigenvalue weighted by atomic mass is 9.89. The number of H-pyrrole nitrogens is 2. The molecule has 1 aromatic carbocycles. The number of benzene rings is 1. The van der Waals surface area contributed by atoms with Crippen LogP contribution in [0.5, 0.6) is 0 Å². The fraction of sp³-hybridized carbons (Fsp3) is 0.350. The summed E-state index contributed by atoms with van der Waals surface area (Å²) in [5, 5.41) is 4.76. The molecular weight excluding hydrogens is 358 g/mol. The van der Waals surface area contributed by atoms with E-state index in [1.807, 2.05) is 29.5 Å². The van der Waals surface area contributed by atoms with Gasteiger partial charge < -0.3 is 15.3 Å². The second kappa shape index (κ2) is 6.20. The Balaban J connectivity index is 1.52. The quantitative estimate of drug-likeness (QED) is 0.499. The Labute approximate surface area is 160 Å². The number of rotatable bonds is 3. The molecule has 1 aliphatic rings. The zero-order valence-corrected chi connectivity index (χ0v) is 16.1. The normalized spacial score (nSPS) is 17.9. The Hall–Kier alpha value is -2.67. The minimum Gasteiger partial charge on any atom is -0.363 e.